The van der Waals surface area contributed by atoms with E-state index in [1.807, 2.05) is 6.92 Å². The Morgan fingerprint density at radius 1 is 1.70 bits per heavy atom. The Morgan fingerprint density at radius 3 is 2.50 bits per heavy atom. The predicted molar refractivity (Wildman–Crippen MR) is 40.8 cm³/mol. The number of carbonyl (C=O) groups is 1. The molecule has 1 N–H and O–H groups in total. The highest BCUT2D eigenvalue weighted by Crippen LogP contribution is 2.11. The van der Waals surface area contributed by atoms with Gasteiger partial charge < -0.3 is 5.11 Å². The second-order valence-electron chi connectivity index (χ2n) is 2.69. The highest BCUT2D eigenvalue weighted by Gasteiger charge is 2.12. The Balaban J connectivity index is 3.67. The van der Waals surface area contributed by atoms with Crippen molar-refractivity contribution >= 4 is 5.97 Å². The van der Waals surface area contributed by atoms with E-state index in [-0.39, 0.29) is 5.92 Å². The molecule has 2 nitrogen and oxygen atoms in total. The van der Waals surface area contributed by atoms with Gasteiger partial charge in [-0.15, -0.1) is 6.58 Å². The minimum Gasteiger partial charge on any atom is -0.481 e. The molecule has 0 aliphatic heterocycles. The van der Waals surface area contributed by atoms with E-state index < -0.39 is 5.97 Å². The average molecular weight is 142 g/mol. The van der Waals surface area contributed by atoms with Crippen LogP contribution < -0.4 is 0 Å². The Hall–Kier alpha value is -0.790. The van der Waals surface area contributed by atoms with Crippen LogP contribution >= 0.6 is 0 Å². The summed E-state index contributed by atoms with van der Waals surface area (Å²) in [6, 6.07) is 0. The molecule has 0 rings (SSSR count). The highest BCUT2D eigenvalue weighted by molar-refractivity contribution is 5.69. The summed E-state index contributed by atoms with van der Waals surface area (Å²) in [5.41, 5.74) is 0. The van der Waals surface area contributed by atoms with E-state index in [2.05, 4.69) is 6.58 Å². The first-order chi connectivity index (χ1) is 4.57. The highest BCUT2D eigenvalue weighted by atomic mass is 16.4. The minimum absolute atomic E-state index is 0.256. The average Bonchev–Trinajstić information content (AvgIpc) is 1.87. The second-order valence-corrected chi connectivity index (χ2v) is 2.69. The van der Waals surface area contributed by atoms with E-state index >= 15 is 0 Å². The molecular weight excluding hydrogens is 128 g/mol. The van der Waals surface area contributed by atoms with Crippen molar-refractivity contribution in [2.75, 3.05) is 0 Å². The molecule has 58 valence electrons. The van der Waals surface area contributed by atoms with Gasteiger partial charge in [0.15, 0.2) is 0 Å². The van der Waals surface area contributed by atoms with Crippen molar-refractivity contribution < 1.29 is 9.90 Å². The van der Waals surface area contributed by atoms with Crippen LogP contribution in [-0.2, 0) is 4.79 Å². The summed E-state index contributed by atoms with van der Waals surface area (Å²) in [4.78, 5) is 10.3. The molecule has 0 fully saturated rings. The van der Waals surface area contributed by atoms with Gasteiger partial charge in [0, 0.05) is 0 Å². The lowest BCUT2D eigenvalue weighted by Gasteiger charge is -2.08. The van der Waals surface area contributed by atoms with Crippen molar-refractivity contribution in [1.82, 2.24) is 0 Å². The van der Waals surface area contributed by atoms with Gasteiger partial charge >= 0.3 is 5.97 Å². The fourth-order valence-electron chi connectivity index (χ4n) is 0.755. The molecule has 0 aromatic carbocycles. The molecule has 0 saturated heterocycles. The fraction of sp³-hybridized carbons (Fsp3) is 0.625. The lowest BCUT2D eigenvalue weighted by atomic mass is 9.98. The molecule has 0 bridgehead atoms. The van der Waals surface area contributed by atoms with Crippen LogP contribution in [0.15, 0.2) is 12.7 Å². The third-order valence-electron chi connectivity index (χ3n) is 1.55. The fourth-order valence-corrected chi connectivity index (χ4v) is 0.755. The molecule has 0 heterocycles. The molecule has 0 saturated carbocycles. The smallest absolute Gasteiger partial charge is 0.306 e. The minimum atomic E-state index is -0.728. The van der Waals surface area contributed by atoms with Crippen LogP contribution in [0.3, 0.4) is 0 Å². The Bertz CT molecular complexity index is 129. The summed E-state index contributed by atoms with van der Waals surface area (Å²) < 4.78 is 0. The maximum Gasteiger partial charge on any atom is 0.306 e. The molecule has 2 heteroatoms. The van der Waals surface area contributed by atoms with E-state index in [0.717, 1.165) is 0 Å². The zero-order chi connectivity index (χ0) is 8.15. The largest absolute Gasteiger partial charge is 0.481 e. The number of hydrogen-bond donors (Lipinski definition) is 1. The van der Waals surface area contributed by atoms with Crippen LogP contribution in [0.1, 0.15) is 20.3 Å². The van der Waals surface area contributed by atoms with Crippen molar-refractivity contribution in [3.8, 4) is 0 Å². The predicted octanol–water partition coefficient (Wildman–Crippen LogP) is 1.92. The van der Waals surface area contributed by atoms with E-state index in [4.69, 9.17) is 5.11 Å². The van der Waals surface area contributed by atoms with Crippen LogP contribution in [-0.4, -0.2) is 11.1 Å². The van der Waals surface area contributed by atoms with Crippen molar-refractivity contribution in [3.05, 3.63) is 12.7 Å². The van der Waals surface area contributed by atoms with Crippen molar-refractivity contribution in [2.45, 2.75) is 20.3 Å². The van der Waals surface area contributed by atoms with Crippen LogP contribution in [0.4, 0.5) is 0 Å². The van der Waals surface area contributed by atoms with Crippen LogP contribution in [0.5, 0.6) is 0 Å². The third kappa shape index (κ3) is 3.28. The maximum absolute atomic E-state index is 10.3. The summed E-state index contributed by atoms with van der Waals surface area (Å²) in [6.07, 6.45) is 2.46. The monoisotopic (exact) mass is 142 g/mol. The molecule has 0 amide bonds. The lowest BCUT2D eigenvalue weighted by molar-refractivity contribution is -0.141. The molecule has 10 heavy (non-hydrogen) atoms. The van der Waals surface area contributed by atoms with Crippen molar-refractivity contribution in [1.29, 1.82) is 0 Å². The molecule has 0 radical (unpaired) electrons. The summed E-state index contributed by atoms with van der Waals surface area (Å²) in [6.45, 7) is 7.26. The number of allylic oxidation sites excluding steroid dienone is 1. The van der Waals surface area contributed by atoms with Crippen LogP contribution in [0.25, 0.3) is 0 Å². The Labute approximate surface area is 61.6 Å². The molecule has 0 aliphatic rings. The SMILES string of the molecule is C=C[C@@H](C)C[C@@H](C)C(=O)O. The van der Waals surface area contributed by atoms with Gasteiger partial charge in [0.2, 0.25) is 0 Å². The van der Waals surface area contributed by atoms with E-state index in [1.165, 1.54) is 0 Å². The van der Waals surface area contributed by atoms with Crippen molar-refractivity contribution in [2.24, 2.45) is 11.8 Å². The second kappa shape index (κ2) is 4.09. The lowest BCUT2D eigenvalue weighted by Crippen LogP contribution is -2.11. The van der Waals surface area contributed by atoms with E-state index in [0.29, 0.717) is 12.3 Å². The quantitative estimate of drug-likeness (QED) is 0.609. The number of rotatable bonds is 4. The summed E-state index contributed by atoms with van der Waals surface area (Å²) >= 11 is 0. The number of hydrogen-bond acceptors (Lipinski definition) is 1. The number of carboxylic acid groups (broad SMARTS) is 1. The summed E-state index contributed by atoms with van der Waals surface area (Å²) in [5.74, 6) is -0.687. The Morgan fingerprint density at radius 2 is 2.20 bits per heavy atom. The normalized spacial score (nSPS) is 15.8. The Kier molecular flexibility index (Phi) is 3.77. The molecule has 2 atom stereocenters. The molecule has 0 aromatic rings. The van der Waals surface area contributed by atoms with Crippen LogP contribution in [0, 0.1) is 11.8 Å². The summed E-state index contributed by atoms with van der Waals surface area (Å²) in [7, 11) is 0. The van der Waals surface area contributed by atoms with Gasteiger partial charge in [-0.05, 0) is 12.3 Å². The standard InChI is InChI=1S/C8H14O2/c1-4-6(2)5-7(3)8(9)10/h4,6-7H,1,5H2,2-3H3,(H,9,10)/t6-,7-/m1/s1. The van der Waals surface area contributed by atoms with Gasteiger partial charge in [-0.3, -0.25) is 4.79 Å². The first-order valence-electron chi connectivity index (χ1n) is 3.43. The molecule has 0 aromatic heterocycles. The molecule has 0 unspecified atom stereocenters. The number of carboxylic acids is 1. The van der Waals surface area contributed by atoms with Gasteiger partial charge in [-0.25, -0.2) is 0 Å². The zero-order valence-corrected chi connectivity index (χ0v) is 6.50. The molecular formula is C8H14O2. The molecule has 0 spiro atoms. The van der Waals surface area contributed by atoms with Gasteiger partial charge in [-0.1, -0.05) is 19.9 Å². The van der Waals surface area contributed by atoms with E-state index in [1.54, 1.807) is 13.0 Å². The zero-order valence-electron chi connectivity index (χ0n) is 6.50. The first-order valence-corrected chi connectivity index (χ1v) is 3.43. The van der Waals surface area contributed by atoms with Gasteiger partial charge in [0.05, 0.1) is 5.92 Å². The third-order valence-corrected chi connectivity index (χ3v) is 1.55. The molecule has 0 aliphatic carbocycles. The number of aliphatic carboxylic acids is 1. The summed E-state index contributed by atoms with van der Waals surface area (Å²) in [5, 5.41) is 8.49. The topological polar surface area (TPSA) is 37.3 Å². The van der Waals surface area contributed by atoms with Gasteiger partial charge in [-0.2, -0.15) is 0 Å². The van der Waals surface area contributed by atoms with Crippen LogP contribution in [0.2, 0.25) is 0 Å². The van der Waals surface area contributed by atoms with Crippen molar-refractivity contribution in [3.63, 3.8) is 0 Å². The van der Waals surface area contributed by atoms with Gasteiger partial charge in [0.25, 0.3) is 0 Å². The first kappa shape index (κ1) is 9.21. The van der Waals surface area contributed by atoms with Gasteiger partial charge in [0.1, 0.15) is 0 Å². The van der Waals surface area contributed by atoms with E-state index in [9.17, 15) is 4.79 Å². The maximum atomic E-state index is 10.3.